The molecule has 2 heterocycles. The highest BCUT2D eigenvalue weighted by Gasteiger charge is 2.10. The van der Waals surface area contributed by atoms with Crippen LogP contribution in [0.3, 0.4) is 0 Å². The van der Waals surface area contributed by atoms with Gasteiger partial charge in [-0.05, 0) is 41.0 Å². The summed E-state index contributed by atoms with van der Waals surface area (Å²) < 4.78 is 22.7. The van der Waals surface area contributed by atoms with Gasteiger partial charge in [0.1, 0.15) is 24.7 Å². The molecule has 0 amide bonds. The molecule has 0 spiro atoms. The number of benzene rings is 2. The number of aromatic nitrogens is 2. The van der Waals surface area contributed by atoms with Gasteiger partial charge in [0, 0.05) is 12.4 Å². The fourth-order valence-electron chi connectivity index (χ4n) is 3.96. The predicted molar refractivity (Wildman–Crippen MR) is 181 cm³/mol. The first-order valence-corrected chi connectivity index (χ1v) is 14.9. The second-order valence-corrected chi connectivity index (χ2v) is 10.5. The normalized spacial score (nSPS) is 12.4. The van der Waals surface area contributed by atoms with Gasteiger partial charge in [-0.1, -0.05) is 66.4 Å². The lowest BCUT2D eigenvalue weighted by atomic mass is 10.1. The Hall–Kier alpha value is -4.85. The van der Waals surface area contributed by atoms with Crippen molar-refractivity contribution in [3.8, 4) is 36.2 Å². The minimum Gasteiger partial charge on any atom is -0.479 e. The summed E-state index contributed by atoms with van der Waals surface area (Å²) in [6.45, 7) is 2.24. The van der Waals surface area contributed by atoms with E-state index in [1.54, 1.807) is 24.8 Å². The summed E-state index contributed by atoms with van der Waals surface area (Å²) in [5.41, 5.74) is 4.64. The van der Waals surface area contributed by atoms with Crippen LogP contribution in [0.2, 0.25) is 0 Å². The highest BCUT2D eigenvalue weighted by Crippen LogP contribution is 2.19. The number of ether oxygens (including phenoxy) is 4. The first kappa shape index (κ1) is 33.1. The van der Waals surface area contributed by atoms with Crippen molar-refractivity contribution in [2.45, 2.75) is 25.0 Å². The lowest BCUT2D eigenvalue weighted by Crippen LogP contribution is -2.08. The van der Waals surface area contributed by atoms with Crippen LogP contribution in [0.25, 0.3) is 0 Å². The number of terminal acetylenes is 2. The van der Waals surface area contributed by atoms with Gasteiger partial charge >= 0.3 is 0 Å². The molecule has 2 aromatic carbocycles. The van der Waals surface area contributed by atoms with Crippen LogP contribution in [0.1, 0.15) is 34.1 Å². The van der Waals surface area contributed by atoms with Gasteiger partial charge in [0.05, 0.1) is 62.0 Å². The van der Waals surface area contributed by atoms with Crippen LogP contribution in [0, 0.1) is 24.7 Å². The van der Waals surface area contributed by atoms with Crippen molar-refractivity contribution in [1.82, 2.24) is 9.97 Å². The molecule has 4 aromatic rings. The van der Waals surface area contributed by atoms with Gasteiger partial charge in [-0.25, -0.2) is 0 Å². The van der Waals surface area contributed by atoms with Gasteiger partial charge in [-0.2, -0.15) is 0 Å². The Kier molecular flexibility index (Phi) is 13.8. The summed E-state index contributed by atoms with van der Waals surface area (Å²) in [6, 6.07) is 25.4. The van der Waals surface area contributed by atoms with Crippen LogP contribution in [-0.4, -0.2) is 54.6 Å². The lowest BCUT2D eigenvalue weighted by molar-refractivity contribution is 0.108. The smallest absolute Gasteiger partial charge is 0.148 e. The van der Waals surface area contributed by atoms with Gasteiger partial charge in [0.2, 0.25) is 0 Å². The Morgan fingerprint density at radius 2 is 1.22 bits per heavy atom. The summed E-state index contributed by atoms with van der Waals surface area (Å²) in [5.74, 6) is 6.01. The Bertz CT molecular complexity index is 1580. The molecule has 9 heteroatoms. The average molecular weight is 619 g/mol. The number of pyridine rings is 2. The van der Waals surface area contributed by atoms with Gasteiger partial charge in [0.15, 0.2) is 0 Å². The SMILES string of the molecule is C#CCOc1ccc(C=NC(P)COCc2ccc(COCC(N=Cc3ccc(OCC#C)cn3)c3ccccc3)cc2)nc1. The first-order valence-electron chi connectivity index (χ1n) is 14.3. The average Bonchev–Trinajstić information content (AvgIpc) is 3.09. The van der Waals surface area contributed by atoms with E-state index in [1.165, 1.54) is 0 Å². The molecule has 3 unspecified atom stereocenters. The van der Waals surface area contributed by atoms with Crippen LogP contribution < -0.4 is 9.47 Å². The van der Waals surface area contributed by atoms with Crippen molar-refractivity contribution in [1.29, 1.82) is 0 Å². The standard InChI is InChI=1S/C36H35N4O4P/c1-3-18-43-33-16-14-31(37-22-33)20-39-35(30-8-6-5-7-9-30)26-41-24-28-10-12-29(13-11-28)25-42-27-36(45)40-21-32-15-17-34(23-38-32)44-19-4-2/h1-2,5-17,20-23,35-36H,18-19,24-27,45H2. The topological polar surface area (TPSA) is 87.4 Å². The molecule has 0 radical (unpaired) electrons. The van der Waals surface area contributed by atoms with Crippen LogP contribution in [0.15, 0.2) is 101 Å². The molecule has 3 atom stereocenters. The van der Waals surface area contributed by atoms with Gasteiger partial charge in [-0.3, -0.25) is 20.0 Å². The molecular weight excluding hydrogens is 583 g/mol. The minimum atomic E-state index is -0.177. The Balaban J connectivity index is 1.21. The predicted octanol–water partition coefficient (Wildman–Crippen LogP) is 5.71. The molecule has 45 heavy (non-hydrogen) atoms. The van der Waals surface area contributed by atoms with E-state index >= 15 is 0 Å². The van der Waals surface area contributed by atoms with Gasteiger partial charge in [-0.15, -0.1) is 22.1 Å². The summed E-state index contributed by atoms with van der Waals surface area (Å²) in [6.07, 6.45) is 17.2. The number of hydrogen-bond acceptors (Lipinski definition) is 8. The zero-order valence-electron chi connectivity index (χ0n) is 24.9. The van der Waals surface area contributed by atoms with Crippen molar-refractivity contribution < 1.29 is 18.9 Å². The summed E-state index contributed by atoms with van der Waals surface area (Å²) in [7, 11) is 2.68. The largest absolute Gasteiger partial charge is 0.479 e. The maximum absolute atomic E-state index is 6.09. The molecule has 0 aliphatic rings. The zero-order chi connectivity index (χ0) is 31.5. The third-order valence-corrected chi connectivity index (χ3v) is 6.62. The Morgan fingerprint density at radius 3 is 1.73 bits per heavy atom. The fourth-order valence-corrected chi connectivity index (χ4v) is 4.18. The van der Waals surface area contributed by atoms with Crippen LogP contribution in [0.4, 0.5) is 0 Å². The summed E-state index contributed by atoms with van der Waals surface area (Å²) >= 11 is 0. The van der Waals surface area contributed by atoms with Crippen LogP contribution in [0.5, 0.6) is 11.5 Å². The molecule has 8 nitrogen and oxygen atoms in total. The first-order chi connectivity index (χ1) is 22.1. The summed E-state index contributed by atoms with van der Waals surface area (Å²) in [5, 5.41) is 0. The molecule has 0 aliphatic heterocycles. The fraction of sp³-hybridized carbons (Fsp3) is 0.222. The van der Waals surface area contributed by atoms with E-state index in [0.717, 1.165) is 28.1 Å². The number of nitrogens with zero attached hydrogens (tertiary/aromatic N) is 4. The maximum Gasteiger partial charge on any atom is 0.148 e. The molecule has 0 fully saturated rings. The Morgan fingerprint density at radius 1 is 0.689 bits per heavy atom. The van der Waals surface area contributed by atoms with Crippen LogP contribution in [-0.2, 0) is 22.7 Å². The van der Waals surface area contributed by atoms with Crippen molar-refractivity contribution in [2.75, 3.05) is 26.4 Å². The van der Waals surface area contributed by atoms with Crippen molar-refractivity contribution >= 4 is 21.7 Å². The highest BCUT2D eigenvalue weighted by molar-refractivity contribution is 7.17. The molecule has 0 bridgehead atoms. The number of hydrogen-bond donors (Lipinski definition) is 0. The van der Waals surface area contributed by atoms with E-state index in [9.17, 15) is 0 Å². The third kappa shape index (κ3) is 12.0. The Labute approximate surface area is 267 Å². The molecule has 228 valence electrons. The second kappa shape index (κ2) is 18.7. The quantitative estimate of drug-likeness (QED) is 0.0856. The van der Waals surface area contributed by atoms with Gasteiger partial charge in [0.25, 0.3) is 0 Å². The van der Waals surface area contributed by atoms with E-state index in [0.29, 0.717) is 37.9 Å². The minimum absolute atomic E-state index is 0.0971. The van der Waals surface area contributed by atoms with E-state index in [2.05, 4.69) is 36.0 Å². The van der Waals surface area contributed by atoms with Crippen molar-refractivity contribution in [2.24, 2.45) is 9.98 Å². The van der Waals surface area contributed by atoms with E-state index < -0.39 is 0 Å². The van der Waals surface area contributed by atoms with E-state index in [4.69, 9.17) is 36.8 Å². The second-order valence-electron chi connectivity index (χ2n) is 9.72. The lowest BCUT2D eigenvalue weighted by Gasteiger charge is -2.14. The maximum atomic E-state index is 6.09. The number of rotatable bonds is 17. The molecular formula is C36H35N4O4P. The molecule has 2 aromatic heterocycles. The van der Waals surface area contributed by atoms with Crippen molar-refractivity contribution in [3.05, 3.63) is 119 Å². The molecule has 0 saturated carbocycles. The molecule has 0 N–H and O–H groups in total. The zero-order valence-corrected chi connectivity index (χ0v) is 26.0. The van der Waals surface area contributed by atoms with E-state index in [1.807, 2.05) is 78.9 Å². The molecule has 0 saturated heterocycles. The van der Waals surface area contributed by atoms with Gasteiger partial charge < -0.3 is 18.9 Å². The highest BCUT2D eigenvalue weighted by atomic mass is 31.0. The summed E-state index contributed by atoms with van der Waals surface area (Å²) in [4.78, 5) is 17.9. The molecule has 4 rings (SSSR count). The van der Waals surface area contributed by atoms with Crippen molar-refractivity contribution in [3.63, 3.8) is 0 Å². The van der Waals surface area contributed by atoms with Crippen LogP contribution >= 0.6 is 9.24 Å². The molecule has 0 aliphatic carbocycles. The number of aliphatic imine (C=N–C) groups is 2. The third-order valence-electron chi connectivity index (χ3n) is 6.26. The van der Waals surface area contributed by atoms with E-state index in [-0.39, 0.29) is 25.0 Å². The monoisotopic (exact) mass is 618 g/mol.